The lowest BCUT2D eigenvalue weighted by atomic mass is 10.3. The SMILES string of the molecule is CCS(=O)(=O)CCCSc1ccc(N)c(F)c1. The first kappa shape index (κ1) is 14.3. The second kappa shape index (κ2) is 6.26. The molecular formula is C11H16FNO2S2. The quantitative estimate of drug-likeness (QED) is 0.492. The van der Waals surface area contributed by atoms with Gasteiger partial charge in [-0.15, -0.1) is 11.8 Å². The minimum absolute atomic E-state index is 0.128. The number of halogens is 1. The van der Waals surface area contributed by atoms with E-state index < -0.39 is 15.7 Å². The number of sulfone groups is 1. The summed E-state index contributed by atoms with van der Waals surface area (Å²) < 4.78 is 35.5. The van der Waals surface area contributed by atoms with Crippen LogP contribution in [0.4, 0.5) is 10.1 Å². The van der Waals surface area contributed by atoms with Crippen LogP contribution in [0.1, 0.15) is 13.3 Å². The summed E-state index contributed by atoms with van der Waals surface area (Å²) in [6.07, 6.45) is 0.576. The summed E-state index contributed by atoms with van der Waals surface area (Å²) in [4.78, 5) is 0.769. The molecule has 3 nitrogen and oxygen atoms in total. The van der Waals surface area contributed by atoms with Gasteiger partial charge in [0.25, 0.3) is 0 Å². The molecule has 0 saturated carbocycles. The molecule has 6 heteroatoms. The molecule has 0 aromatic heterocycles. The second-order valence-corrected chi connectivity index (χ2v) is 7.26. The first-order chi connectivity index (χ1) is 7.94. The van der Waals surface area contributed by atoms with Crippen LogP contribution in [-0.2, 0) is 9.84 Å². The molecule has 0 heterocycles. The maximum absolute atomic E-state index is 13.1. The van der Waals surface area contributed by atoms with Crippen LogP contribution in [-0.4, -0.2) is 25.7 Å². The molecule has 0 radical (unpaired) electrons. The summed E-state index contributed by atoms with van der Waals surface area (Å²) in [6, 6.07) is 4.62. The third-order valence-corrected chi connectivity index (χ3v) is 5.15. The monoisotopic (exact) mass is 277 g/mol. The molecule has 0 fully saturated rings. The number of benzene rings is 1. The van der Waals surface area contributed by atoms with E-state index in [4.69, 9.17) is 5.73 Å². The summed E-state index contributed by atoms with van der Waals surface area (Å²) in [5.41, 5.74) is 5.48. The minimum Gasteiger partial charge on any atom is -0.396 e. The van der Waals surface area contributed by atoms with Gasteiger partial charge in [-0.25, -0.2) is 12.8 Å². The second-order valence-electron chi connectivity index (χ2n) is 3.62. The Bertz CT molecular complexity index is 474. The molecule has 0 bridgehead atoms. The molecule has 0 amide bonds. The Morgan fingerprint density at radius 3 is 2.71 bits per heavy atom. The van der Waals surface area contributed by atoms with E-state index in [2.05, 4.69) is 0 Å². The van der Waals surface area contributed by atoms with Gasteiger partial charge in [0.2, 0.25) is 0 Å². The molecule has 1 rings (SSSR count). The van der Waals surface area contributed by atoms with Crippen molar-refractivity contribution < 1.29 is 12.8 Å². The molecule has 0 atom stereocenters. The van der Waals surface area contributed by atoms with Gasteiger partial charge in [0.05, 0.1) is 11.4 Å². The lowest BCUT2D eigenvalue weighted by Crippen LogP contribution is -2.09. The van der Waals surface area contributed by atoms with Crippen molar-refractivity contribution in [2.75, 3.05) is 23.0 Å². The fourth-order valence-corrected chi connectivity index (χ4v) is 3.14. The number of rotatable bonds is 6. The maximum Gasteiger partial charge on any atom is 0.150 e. The number of hydrogen-bond donors (Lipinski definition) is 1. The first-order valence-corrected chi connectivity index (χ1v) is 8.13. The lowest BCUT2D eigenvalue weighted by molar-refractivity contribution is 0.596. The predicted molar refractivity (Wildman–Crippen MR) is 70.5 cm³/mol. The van der Waals surface area contributed by atoms with E-state index in [9.17, 15) is 12.8 Å². The fourth-order valence-electron chi connectivity index (χ4n) is 1.21. The molecule has 0 aliphatic rings. The van der Waals surface area contributed by atoms with E-state index in [1.165, 1.54) is 23.9 Å². The van der Waals surface area contributed by atoms with Gasteiger partial charge < -0.3 is 5.73 Å². The largest absolute Gasteiger partial charge is 0.396 e. The number of thioether (sulfide) groups is 1. The molecular weight excluding hydrogens is 261 g/mol. The van der Waals surface area contributed by atoms with Crippen LogP contribution < -0.4 is 5.73 Å². The van der Waals surface area contributed by atoms with Crippen molar-refractivity contribution in [3.63, 3.8) is 0 Å². The van der Waals surface area contributed by atoms with Crippen molar-refractivity contribution in [2.45, 2.75) is 18.2 Å². The predicted octanol–water partition coefficient (Wildman–Crippen LogP) is 2.32. The highest BCUT2D eigenvalue weighted by atomic mass is 32.2. The minimum atomic E-state index is -2.90. The Hall–Kier alpha value is -0.750. The summed E-state index contributed by atoms with van der Waals surface area (Å²) in [5.74, 6) is 0.584. The smallest absolute Gasteiger partial charge is 0.150 e. The number of hydrogen-bond acceptors (Lipinski definition) is 4. The molecule has 0 spiro atoms. The Morgan fingerprint density at radius 2 is 2.12 bits per heavy atom. The van der Waals surface area contributed by atoms with Gasteiger partial charge in [0, 0.05) is 10.6 Å². The van der Waals surface area contributed by atoms with E-state index >= 15 is 0 Å². The summed E-state index contributed by atoms with van der Waals surface area (Å²) >= 11 is 1.43. The third-order valence-electron chi connectivity index (χ3n) is 2.28. The number of anilines is 1. The standard InChI is InChI=1S/C11H16FNO2S2/c1-2-17(14,15)7-3-6-16-9-4-5-11(13)10(12)8-9/h4-5,8H,2-3,6-7,13H2,1H3. The zero-order valence-corrected chi connectivity index (χ0v) is 11.3. The van der Waals surface area contributed by atoms with E-state index in [1.807, 2.05) is 0 Å². The van der Waals surface area contributed by atoms with E-state index in [1.54, 1.807) is 13.0 Å². The van der Waals surface area contributed by atoms with Gasteiger partial charge in [-0.2, -0.15) is 0 Å². The molecule has 0 aliphatic heterocycles. The van der Waals surface area contributed by atoms with Gasteiger partial charge in [-0.05, 0) is 30.4 Å². The van der Waals surface area contributed by atoms with Gasteiger partial charge in [-0.1, -0.05) is 6.92 Å². The maximum atomic E-state index is 13.1. The highest BCUT2D eigenvalue weighted by molar-refractivity contribution is 7.99. The van der Waals surface area contributed by atoms with Crippen molar-refractivity contribution in [1.82, 2.24) is 0 Å². The molecule has 1 aromatic rings. The highest BCUT2D eigenvalue weighted by Crippen LogP contribution is 2.22. The topological polar surface area (TPSA) is 60.2 Å². The van der Waals surface area contributed by atoms with Gasteiger partial charge in [-0.3, -0.25) is 0 Å². The first-order valence-electron chi connectivity index (χ1n) is 5.33. The zero-order chi connectivity index (χ0) is 12.9. The average molecular weight is 277 g/mol. The van der Waals surface area contributed by atoms with Gasteiger partial charge in [0.15, 0.2) is 0 Å². The van der Waals surface area contributed by atoms with E-state index in [0.717, 1.165) is 4.90 Å². The number of nitrogens with two attached hydrogens (primary N) is 1. The Balaban J connectivity index is 2.39. The van der Waals surface area contributed by atoms with E-state index in [-0.39, 0.29) is 17.2 Å². The van der Waals surface area contributed by atoms with E-state index in [0.29, 0.717) is 12.2 Å². The van der Waals surface area contributed by atoms with Gasteiger partial charge in [0.1, 0.15) is 15.7 Å². The van der Waals surface area contributed by atoms with Crippen molar-refractivity contribution >= 4 is 27.3 Å². The van der Waals surface area contributed by atoms with Gasteiger partial charge >= 0.3 is 0 Å². The van der Waals surface area contributed by atoms with Crippen LogP contribution in [0, 0.1) is 5.82 Å². The molecule has 0 aliphatic carbocycles. The molecule has 0 saturated heterocycles. The lowest BCUT2D eigenvalue weighted by Gasteiger charge is -2.03. The molecule has 17 heavy (non-hydrogen) atoms. The Kier molecular flexibility index (Phi) is 5.27. The average Bonchev–Trinajstić information content (AvgIpc) is 2.29. The van der Waals surface area contributed by atoms with Crippen molar-refractivity contribution in [3.05, 3.63) is 24.0 Å². The summed E-state index contributed by atoms with van der Waals surface area (Å²) in [5, 5.41) is 0. The molecule has 0 unspecified atom stereocenters. The normalized spacial score (nSPS) is 11.6. The molecule has 96 valence electrons. The fraction of sp³-hybridized carbons (Fsp3) is 0.455. The van der Waals surface area contributed by atoms with Crippen LogP contribution in [0.5, 0.6) is 0 Å². The third kappa shape index (κ3) is 4.95. The molecule has 1 aromatic carbocycles. The van der Waals surface area contributed by atoms with Crippen molar-refractivity contribution in [3.8, 4) is 0 Å². The van der Waals surface area contributed by atoms with Crippen LogP contribution in [0.3, 0.4) is 0 Å². The van der Waals surface area contributed by atoms with Crippen molar-refractivity contribution in [2.24, 2.45) is 0 Å². The van der Waals surface area contributed by atoms with Crippen molar-refractivity contribution in [1.29, 1.82) is 0 Å². The van der Waals surface area contributed by atoms with Crippen LogP contribution in [0.2, 0.25) is 0 Å². The summed E-state index contributed by atoms with van der Waals surface area (Å²) in [7, 11) is -2.90. The zero-order valence-electron chi connectivity index (χ0n) is 9.65. The van der Waals surface area contributed by atoms with Crippen LogP contribution >= 0.6 is 11.8 Å². The van der Waals surface area contributed by atoms with Crippen LogP contribution in [0.25, 0.3) is 0 Å². The Morgan fingerprint density at radius 1 is 1.41 bits per heavy atom. The molecule has 2 N–H and O–H groups in total. The summed E-state index contributed by atoms with van der Waals surface area (Å²) in [6.45, 7) is 1.64. The number of nitrogen functional groups attached to an aromatic ring is 1. The van der Waals surface area contributed by atoms with Crippen LogP contribution in [0.15, 0.2) is 23.1 Å². The highest BCUT2D eigenvalue weighted by Gasteiger charge is 2.07. The Labute approximate surface area is 106 Å².